The van der Waals surface area contributed by atoms with Crippen molar-refractivity contribution in [3.63, 3.8) is 0 Å². The van der Waals surface area contributed by atoms with Gasteiger partial charge in [0.1, 0.15) is 28.5 Å². The Bertz CT molecular complexity index is 5900. The Morgan fingerprint density at radius 3 is 1.11 bits per heavy atom. The van der Waals surface area contributed by atoms with E-state index in [1.165, 1.54) is 33.4 Å². The molecule has 3 amide bonds. The molecule has 0 saturated heterocycles. The van der Waals surface area contributed by atoms with Crippen molar-refractivity contribution in [1.82, 2.24) is 14.2 Å². The lowest BCUT2D eigenvalue weighted by Crippen LogP contribution is -2.57. The molecular formula is C112H145Cl3N6O16S3. The fourth-order valence-electron chi connectivity index (χ4n) is 25.0. The Kier molecular flexibility index (Phi) is 31.5. The number of carbonyl (C=O) groups is 4. The van der Waals surface area contributed by atoms with Crippen LogP contribution >= 0.6 is 34.8 Å². The Morgan fingerprint density at radius 1 is 0.457 bits per heavy atom. The number of methoxy groups -OCH3 is 5. The third-order valence-corrected chi connectivity index (χ3v) is 41.8. The highest BCUT2D eigenvalue weighted by Gasteiger charge is 2.56. The number of sulfonamides is 1. The lowest BCUT2D eigenvalue weighted by Gasteiger charge is -2.52. The molecule has 22 nitrogen and oxygen atoms in total. The van der Waals surface area contributed by atoms with Crippen LogP contribution in [0.4, 0.5) is 17.1 Å². The summed E-state index contributed by atoms with van der Waals surface area (Å²) in [6, 6.07) is 35.1. The third kappa shape index (κ3) is 20.7. The number of anilines is 3. The van der Waals surface area contributed by atoms with Gasteiger partial charge in [0.05, 0.1) is 79.4 Å². The van der Waals surface area contributed by atoms with Gasteiger partial charge in [-0.3, -0.25) is 28.6 Å². The SMILES string of the molecule is C=C(C)C(=O)C[C@]1(OC)/C=C/C[C@H](C)[C@@H](C)S(=C)(=O)NC(=O)c2ccc3c(c2)N(C[C@@H]2CC[C@H]21)C[C@@]1(CCCc2cc(Cl)ccc21)CO3.C=S1(=O)NC(=O)c2ccc3c(c2)N(C[C@@H]2CC[C@H]2[C@](OC)([C@H](C)OC)/C=C/C[C@H](C)[C@H]1C)C[C@@]1(CCCc2cc(Cl)ccc21)CO3.CO[C@H](C)[C@]1(OC)/C=C/C[C@H](C)[C@@H](C)S(=O)(=O)NC(=O)c2ccc3c(c2)N(C[C@@H]2CC[C@H]21)C[C@@]1(CCCc2cc(Cl)ccc21)CO3. The highest BCUT2D eigenvalue weighted by atomic mass is 35.5. The maximum atomic E-state index is 13.9. The molecule has 0 radical (unpaired) electrons. The van der Waals surface area contributed by atoms with Crippen molar-refractivity contribution in [3.8, 4) is 17.2 Å². The Hall–Kier alpha value is -8.18. The number of ketones is 1. The van der Waals surface area contributed by atoms with Gasteiger partial charge in [0, 0.05) is 140 Å². The van der Waals surface area contributed by atoms with Gasteiger partial charge in [-0.15, -0.1) is 0 Å². The number of halogens is 3. The molecule has 6 bridgehead atoms. The average Bonchev–Trinajstić information content (AvgIpc) is 1.50. The minimum Gasteiger partial charge on any atom is -0.490 e. The van der Waals surface area contributed by atoms with E-state index in [9.17, 15) is 36.0 Å². The number of nitrogens with one attached hydrogen (secondary N) is 3. The van der Waals surface area contributed by atoms with E-state index < -0.39 is 68.6 Å². The van der Waals surface area contributed by atoms with E-state index in [2.05, 4.69) is 128 Å². The summed E-state index contributed by atoms with van der Waals surface area (Å²) >= 11 is 19.4. The van der Waals surface area contributed by atoms with E-state index in [0.29, 0.717) is 104 Å². The molecule has 0 aromatic heterocycles. The fourth-order valence-corrected chi connectivity index (χ4v) is 29.8. The predicted molar refractivity (Wildman–Crippen MR) is 565 cm³/mol. The maximum absolute atomic E-state index is 13.9. The van der Waals surface area contributed by atoms with Gasteiger partial charge < -0.3 is 52.6 Å². The minimum absolute atomic E-state index is 0.0129. The summed E-state index contributed by atoms with van der Waals surface area (Å²) in [6.07, 6.45) is 29.3. The third-order valence-electron chi connectivity index (χ3n) is 34.8. The number of aryl methyl sites for hydroxylation is 3. The number of Topliss-reactive ketones (excluding diaryl/α,β-unsaturated/α-hetero) is 1. The van der Waals surface area contributed by atoms with Gasteiger partial charge in [0.15, 0.2) is 5.78 Å². The molecule has 3 N–H and O–H groups in total. The van der Waals surface area contributed by atoms with Gasteiger partial charge in [0.2, 0.25) is 10.0 Å². The second-order valence-electron chi connectivity index (χ2n) is 42.9. The van der Waals surface area contributed by atoms with Crippen LogP contribution in [0.15, 0.2) is 158 Å². The normalized spacial score (nSPS) is 34.5. The second-order valence-corrected chi connectivity index (χ2v) is 51.0. The van der Waals surface area contributed by atoms with E-state index in [1.807, 2.05) is 89.2 Å². The highest BCUT2D eigenvalue weighted by Crippen LogP contribution is 2.56. The summed E-state index contributed by atoms with van der Waals surface area (Å²) in [5.41, 5.74) is 8.97. The molecule has 6 aromatic rings. The van der Waals surface area contributed by atoms with Crippen molar-refractivity contribution in [2.24, 2.45) is 53.3 Å². The molecule has 3 saturated carbocycles. The van der Waals surface area contributed by atoms with Crippen LogP contribution in [-0.4, -0.2) is 191 Å². The quantitative estimate of drug-likeness (QED) is 0.0654. The van der Waals surface area contributed by atoms with Crippen LogP contribution in [0.25, 0.3) is 0 Å². The maximum Gasteiger partial charge on any atom is 0.264 e. The monoisotopic (exact) mass is 2030 g/mol. The van der Waals surface area contributed by atoms with Crippen LogP contribution in [0.3, 0.4) is 0 Å². The van der Waals surface area contributed by atoms with Gasteiger partial charge in [-0.05, 0) is 352 Å². The molecule has 3 spiro atoms. The molecular weight excluding hydrogens is 1890 g/mol. The first-order chi connectivity index (χ1) is 66.6. The van der Waals surface area contributed by atoms with Crippen molar-refractivity contribution in [2.45, 2.75) is 245 Å². The van der Waals surface area contributed by atoms with Crippen LogP contribution < -0.4 is 43.1 Å². The molecule has 758 valence electrons. The van der Waals surface area contributed by atoms with Crippen molar-refractivity contribution < 1.29 is 73.9 Å². The van der Waals surface area contributed by atoms with Crippen LogP contribution in [0.2, 0.25) is 15.1 Å². The smallest absolute Gasteiger partial charge is 0.264 e. The van der Waals surface area contributed by atoms with Gasteiger partial charge in [-0.1, -0.05) is 117 Å². The second kappa shape index (κ2) is 42.1. The first-order valence-electron chi connectivity index (χ1n) is 50.4. The number of nitrogens with zero attached hydrogens (tertiary/aromatic N) is 3. The van der Waals surface area contributed by atoms with E-state index in [-0.39, 0.29) is 93.2 Å². The molecule has 6 aromatic carbocycles. The summed E-state index contributed by atoms with van der Waals surface area (Å²) in [5.74, 6) is 9.82. The van der Waals surface area contributed by atoms with Gasteiger partial charge in [-0.2, -0.15) is 0 Å². The summed E-state index contributed by atoms with van der Waals surface area (Å²) in [6.45, 7) is 27.1. The molecule has 12 aliphatic rings. The Morgan fingerprint density at radius 2 is 0.793 bits per heavy atom. The van der Waals surface area contributed by atoms with Crippen LogP contribution in [-0.2, 0) is 93.4 Å². The summed E-state index contributed by atoms with van der Waals surface area (Å²) in [7, 11) is -1.18. The van der Waals surface area contributed by atoms with Crippen LogP contribution in [0.1, 0.15) is 230 Å². The number of rotatable bonds is 10. The van der Waals surface area contributed by atoms with Gasteiger partial charge in [-0.25, -0.2) is 21.6 Å². The number of carbonyl (C=O) groups excluding carboxylic acids is 4. The number of fused-ring (bicyclic) bond motifs is 12. The first-order valence-corrected chi connectivity index (χ1v) is 56.7. The zero-order valence-corrected chi connectivity index (χ0v) is 88.8. The average molecular weight is 2030 g/mol. The first kappa shape index (κ1) is 105. The Labute approximate surface area is 846 Å². The van der Waals surface area contributed by atoms with E-state index >= 15 is 0 Å². The molecule has 28 heteroatoms. The standard InChI is InChI=1S/C39H49ClN2O5S.C37H49ClN2O5S.C36H47ClN2O6S/c1-25(2)35(43)21-39(46-5)18-7-9-26(3)27(4)48(6,45)41-37(44)29-12-16-36-34(20-29)42(22-30-11-14-33(30)39)23-38(24-47-36)17-8-10-28-19-31(40)13-15-32(28)38;1-24-9-7-18-37(44-5,26(3)43-4)32-14-11-29(32)21-40-22-36(17-8-10-27-19-30(38)13-15-31(27)36)23-45-34-16-12-28(20-33(34)40)35(41)39-46(6,42)25(24)2;1-23-8-6-17-36(44-5,25(3)43-4)31-13-10-28(31)20-39-21-35(16-7-9-26-18-29(37)12-14-30(26)35)22-45-33-15-11-27(19-32(33)39)34(40)38-46(41,42)24(23)2/h7,12-13,15-16,18-20,26-27,30,33H,1,6,8-11,14,17,21-24H2,2-5H3,(H,41,44,45);7,12-13,15-16,18-20,24-26,29,32H,6,8-11,14,17,21-23H2,1-5H3,(H,39,41,42);6,11-12,14-15,17-19,23-25,28,31H,7-10,13,16,20-22H2,1-5H3,(H,38,40)/b2*18-7+;17-6+/t26-,27+,30-,33+,38-,39+,48?;24-,25+,26-,29-,32+,36-,37+,46?;23-,24+,25+,28-,31+,35-,36+/m000/s1. The Balaban J connectivity index is 0.000000151. The largest absolute Gasteiger partial charge is 0.490 e. The lowest BCUT2D eigenvalue weighted by atomic mass is 9.62. The highest BCUT2D eigenvalue weighted by molar-refractivity contribution is 7.99. The summed E-state index contributed by atoms with van der Waals surface area (Å²) < 4.78 is 114. The molecule has 2 unspecified atom stereocenters. The molecule has 3 fully saturated rings. The number of benzene rings is 6. The number of amides is 3. The fraction of sp³-hybridized carbons (Fsp3) is 0.554. The van der Waals surface area contributed by atoms with E-state index in [1.54, 1.807) is 73.7 Å². The number of hydrogen-bond acceptors (Lipinski definition) is 19. The molecule has 18 rings (SSSR count). The van der Waals surface area contributed by atoms with E-state index in [0.717, 1.165) is 154 Å². The van der Waals surface area contributed by atoms with Crippen molar-refractivity contribution in [3.05, 3.63) is 223 Å². The molecule has 22 atom stereocenters. The summed E-state index contributed by atoms with van der Waals surface area (Å²) in [4.78, 5) is 61.3. The number of hydrogen-bond donors (Lipinski definition) is 3. The lowest BCUT2D eigenvalue weighted by molar-refractivity contribution is -0.146. The van der Waals surface area contributed by atoms with E-state index in [4.69, 9.17) is 72.7 Å². The number of allylic oxidation sites excluding steroid dienone is 4. The topological polar surface area (TPSA) is 256 Å². The molecule has 6 aliphatic carbocycles. The zero-order chi connectivity index (χ0) is 100. The van der Waals surface area contributed by atoms with Gasteiger partial charge >= 0.3 is 0 Å². The zero-order valence-electron chi connectivity index (χ0n) is 84.1. The van der Waals surface area contributed by atoms with Gasteiger partial charge in [0.25, 0.3) is 17.7 Å². The molecule has 6 heterocycles. The van der Waals surface area contributed by atoms with Crippen LogP contribution in [0.5, 0.6) is 17.2 Å². The predicted octanol–water partition coefficient (Wildman–Crippen LogP) is 20.0. The summed E-state index contributed by atoms with van der Waals surface area (Å²) in [5, 5.41) is 0.700. The van der Waals surface area contributed by atoms with Crippen molar-refractivity contribution in [2.75, 3.05) is 109 Å². The minimum atomic E-state index is -3.95. The van der Waals surface area contributed by atoms with Crippen molar-refractivity contribution in [1.29, 1.82) is 0 Å². The number of ether oxygens (including phenoxy) is 8. The molecule has 6 aliphatic heterocycles. The van der Waals surface area contributed by atoms with Crippen molar-refractivity contribution >= 4 is 117 Å². The molecule has 140 heavy (non-hydrogen) atoms. The van der Waals surface area contributed by atoms with Crippen LogP contribution in [0, 0.1) is 53.3 Å².